The van der Waals surface area contributed by atoms with Gasteiger partial charge in [-0.2, -0.15) is 0 Å². The van der Waals surface area contributed by atoms with Crippen LogP contribution in [0.2, 0.25) is 0 Å². The van der Waals surface area contributed by atoms with E-state index in [0.717, 1.165) is 42.4 Å². The predicted molar refractivity (Wildman–Crippen MR) is 75.2 cm³/mol. The second-order valence-corrected chi connectivity index (χ2v) is 8.24. The molecule has 3 saturated carbocycles. The molecule has 0 radical (unpaired) electrons. The van der Waals surface area contributed by atoms with Crippen LogP contribution in [-0.2, 0) is 0 Å². The van der Waals surface area contributed by atoms with E-state index >= 15 is 0 Å². The predicted octanol–water partition coefficient (Wildman–Crippen LogP) is 4.25. The van der Waals surface area contributed by atoms with Crippen molar-refractivity contribution in [1.29, 1.82) is 0 Å². The molecule has 0 spiro atoms. The molecule has 0 saturated heterocycles. The largest absolute Gasteiger partial charge is 0.390 e. The number of fused-ring (bicyclic) bond motifs is 1. The summed E-state index contributed by atoms with van der Waals surface area (Å²) in [5.41, 5.74) is -0.319. The van der Waals surface area contributed by atoms with E-state index in [4.69, 9.17) is 0 Å². The van der Waals surface area contributed by atoms with Gasteiger partial charge in [0.25, 0.3) is 0 Å². The Hall–Kier alpha value is -0.0400. The van der Waals surface area contributed by atoms with Crippen LogP contribution < -0.4 is 0 Å². The zero-order chi connectivity index (χ0) is 12.9. The molecule has 18 heavy (non-hydrogen) atoms. The monoisotopic (exact) mass is 250 g/mol. The Morgan fingerprint density at radius 2 is 1.33 bits per heavy atom. The molecule has 7 unspecified atom stereocenters. The van der Waals surface area contributed by atoms with Crippen molar-refractivity contribution in [2.75, 3.05) is 0 Å². The average molecular weight is 250 g/mol. The van der Waals surface area contributed by atoms with E-state index in [2.05, 4.69) is 20.8 Å². The van der Waals surface area contributed by atoms with Crippen LogP contribution in [0.15, 0.2) is 0 Å². The van der Waals surface area contributed by atoms with Crippen LogP contribution in [0.3, 0.4) is 0 Å². The highest BCUT2D eigenvalue weighted by atomic mass is 16.3. The Morgan fingerprint density at radius 1 is 0.778 bits per heavy atom. The minimum Gasteiger partial charge on any atom is -0.390 e. The van der Waals surface area contributed by atoms with Gasteiger partial charge in [-0.25, -0.2) is 0 Å². The van der Waals surface area contributed by atoms with Gasteiger partial charge in [-0.05, 0) is 80.5 Å². The molecule has 0 aliphatic heterocycles. The van der Waals surface area contributed by atoms with Crippen LogP contribution in [0.25, 0.3) is 0 Å². The summed E-state index contributed by atoms with van der Waals surface area (Å²) in [6.45, 7) is 7.17. The van der Waals surface area contributed by atoms with Crippen molar-refractivity contribution in [1.82, 2.24) is 0 Å². The summed E-state index contributed by atoms with van der Waals surface area (Å²) in [5.74, 6) is 4.65. The number of rotatable bonds is 0. The topological polar surface area (TPSA) is 20.2 Å². The Balaban J connectivity index is 1.94. The van der Waals surface area contributed by atoms with Crippen LogP contribution in [-0.4, -0.2) is 10.7 Å². The smallest absolute Gasteiger partial charge is 0.0683 e. The maximum Gasteiger partial charge on any atom is 0.0683 e. The molecule has 1 N–H and O–H groups in total. The SMILES string of the molecule is CC1CC2CC(C)CC3(O)CC(C)CC(C1)C3C2. The van der Waals surface area contributed by atoms with E-state index in [1.54, 1.807) is 0 Å². The lowest BCUT2D eigenvalue weighted by atomic mass is 9.62. The first-order chi connectivity index (χ1) is 8.46. The quantitative estimate of drug-likeness (QED) is 0.681. The van der Waals surface area contributed by atoms with Crippen LogP contribution in [0.5, 0.6) is 0 Å². The molecular formula is C17H30O. The van der Waals surface area contributed by atoms with Gasteiger partial charge in [0, 0.05) is 0 Å². The second-order valence-electron chi connectivity index (χ2n) is 8.24. The fourth-order valence-corrected chi connectivity index (χ4v) is 5.95. The molecular weight excluding hydrogens is 220 g/mol. The molecule has 7 atom stereocenters. The second kappa shape index (κ2) is 4.51. The van der Waals surface area contributed by atoms with Crippen molar-refractivity contribution in [3.8, 4) is 0 Å². The first-order valence-electron chi connectivity index (χ1n) is 8.18. The standard InChI is InChI=1S/C17H30O/c1-11-4-14-5-12(2)9-17(18)10-13(3)7-15(6-11)16(17)8-14/h11-16,18H,4-10H2,1-3H3. The van der Waals surface area contributed by atoms with Gasteiger partial charge in [0.2, 0.25) is 0 Å². The Morgan fingerprint density at radius 3 is 2.06 bits per heavy atom. The lowest BCUT2D eigenvalue weighted by Gasteiger charge is -2.47. The molecule has 2 bridgehead atoms. The van der Waals surface area contributed by atoms with Crippen LogP contribution in [0.1, 0.15) is 65.7 Å². The van der Waals surface area contributed by atoms with Crippen molar-refractivity contribution in [3.05, 3.63) is 0 Å². The van der Waals surface area contributed by atoms with Crippen LogP contribution in [0.4, 0.5) is 0 Å². The number of aliphatic hydroxyl groups is 1. The summed E-state index contributed by atoms with van der Waals surface area (Å²) in [7, 11) is 0. The van der Waals surface area contributed by atoms with E-state index in [9.17, 15) is 5.11 Å². The van der Waals surface area contributed by atoms with Crippen molar-refractivity contribution >= 4 is 0 Å². The third-order valence-electron chi connectivity index (χ3n) is 6.13. The van der Waals surface area contributed by atoms with E-state index in [0.29, 0.717) is 5.92 Å². The highest BCUT2D eigenvalue weighted by Gasteiger charge is 2.50. The lowest BCUT2D eigenvalue weighted by Crippen LogP contribution is -2.47. The Bertz CT molecular complexity index is 313. The van der Waals surface area contributed by atoms with Crippen LogP contribution in [0, 0.1) is 35.5 Å². The first-order valence-corrected chi connectivity index (χ1v) is 8.18. The Kier molecular flexibility index (Phi) is 3.25. The molecule has 0 aromatic rings. The highest BCUT2D eigenvalue weighted by molar-refractivity contribution is 5.01. The minimum absolute atomic E-state index is 0.319. The van der Waals surface area contributed by atoms with Crippen molar-refractivity contribution in [3.63, 3.8) is 0 Å². The highest BCUT2D eigenvalue weighted by Crippen LogP contribution is 2.54. The maximum atomic E-state index is 11.2. The molecule has 3 aliphatic carbocycles. The molecule has 3 aliphatic rings. The van der Waals surface area contributed by atoms with Crippen molar-refractivity contribution in [2.45, 2.75) is 71.3 Å². The summed E-state index contributed by atoms with van der Waals surface area (Å²) in [6, 6.07) is 0. The third kappa shape index (κ3) is 2.24. The summed E-state index contributed by atoms with van der Waals surface area (Å²) in [6.07, 6.45) is 9.00. The molecule has 1 heteroatoms. The molecule has 3 rings (SSSR count). The maximum absolute atomic E-state index is 11.2. The average Bonchev–Trinajstić information content (AvgIpc) is 2.42. The zero-order valence-electron chi connectivity index (χ0n) is 12.4. The first kappa shape index (κ1) is 13.0. The van der Waals surface area contributed by atoms with E-state index < -0.39 is 0 Å². The number of hydrogen-bond acceptors (Lipinski definition) is 1. The van der Waals surface area contributed by atoms with Gasteiger partial charge in [0.1, 0.15) is 0 Å². The van der Waals surface area contributed by atoms with Gasteiger partial charge < -0.3 is 5.11 Å². The van der Waals surface area contributed by atoms with E-state index in [1.165, 1.54) is 32.1 Å². The van der Waals surface area contributed by atoms with Gasteiger partial charge in [-0.1, -0.05) is 20.8 Å². The third-order valence-corrected chi connectivity index (χ3v) is 6.13. The summed E-state index contributed by atoms with van der Waals surface area (Å²) in [5, 5.41) is 11.2. The molecule has 1 nitrogen and oxygen atoms in total. The minimum atomic E-state index is -0.319. The fourth-order valence-electron chi connectivity index (χ4n) is 5.95. The van der Waals surface area contributed by atoms with E-state index in [-0.39, 0.29) is 5.60 Å². The molecule has 3 fully saturated rings. The molecule has 0 aromatic carbocycles. The summed E-state index contributed by atoms with van der Waals surface area (Å²) >= 11 is 0. The lowest BCUT2D eigenvalue weighted by molar-refractivity contribution is -0.101. The molecule has 0 amide bonds. The fraction of sp³-hybridized carbons (Fsp3) is 1.00. The van der Waals surface area contributed by atoms with Gasteiger partial charge in [-0.15, -0.1) is 0 Å². The normalized spacial score (nSPS) is 56.7. The van der Waals surface area contributed by atoms with Gasteiger partial charge in [-0.3, -0.25) is 0 Å². The molecule has 0 heterocycles. The van der Waals surface area contributed by atoms with Crippen LogP contribution >= 0.6 is 0 Å². The van der Waals surface area contributed by atoms with Crippen molar-refractivity contribution < 1.29 is 5.11 Å². The number of hydrogen-bond donors (Lipinski definition) is 1. The Labute approximate surface area is 112 Å². The zero-order valence-corrected chi connectivity index (χ0v) is 12.4. The summed E-state index contributed by atoms with van der Waals surface area (Å²) in [4.78, 5) is 0. The van der Waals surface area contributed by atoms with Gasteiger partial charge >= 0.3 is 0 Å². The molecule has 104 valence electrons. The van der Waals surface area contributed by atoms with Gasteiger partial charge in [0.15, 0.2) is 0 Å². The van der Waals surface area contributed by atoms with E-state index in [1.807, 2.05) is 0 Å². The molecule has 0 aromatic heterocycles. The van der Waals surface area contributed by atoms with Gasteiger partial charge in [0.05, 0.1) is 5.60 Å². The summed E-state index contributed by atoms with van der Waals surface area (Å²) < 4.78 is 0. The van der Waals surface area contributed by atoms with Crippen molar-refractivity contribution in [2.24, 2.45) is 35.5 Å².